The molecule has 0 bridgehead atoms. The van der Waals surface area contributed by atoms with Crippen molar-refractivity contribution in [2.45, 2.75) is 18.3 Å². The number of carbonyl (C=O) groups is 1. The van der Waals surface area contributed by atoms with Crippen LogP contribution < -0.4 is 0 Å². The Morgan fingerprint density at radius 1 is 1.17 bits per heavy atom. The van der Waals surface area contributed by atoms with E-state index < -0.39 is 11.6 Å². The lowest BCUT2D eigenvalue weighted by molar-refractivity contribution is -0.132. The number of methoxy groups -OCH3 is 1. The molecule has 0 unspecified atom stereocenters. The topological polar surface area (TPSA) is 32.8 Å². The van der Waals surface area contributed by atoms with Crippen molar-refractivity contribution in [2.24, 2.45) is 0 Å². The fourth-order valence-corrected chi connectivity index (χ4v) is 4.74. The monoisotopic (exact) mass is 438 g/mol. The van der Waals surface area contributed by atoms with Crippen LogP contribution in [-0.2, 0) is 16.1 Å². The first kappa shape index (κ1) is 22.7. The molecule has 1 aliphatic heterocycles. The molecule has 0 spiro atoms. The predicted molar refractivity (Wildman–Crippen MR) is 111 cm³/mol. The second-order valence-corrected chi connectivity index (χ2v) is 8.31. The van der Waals surface area contributed by atoms with Crippen molar-refractivity contribution >= 4 is 17.7 Å². The smallest absolute Gasteiger partial charge is 0.237 e. The number of thioether (sulfide) groups is 1. The molecule has 2 aromatic carbocycles. The summed E-state index contributed by atoms with van der Waals surface area (Å²) in [5.41, 5.74) is 0.812. The summed E-state index contributed by atoms with van der Waals surface area (Å²) in [4.78, 5) is 16.6. The lowest BCUT2D eigenvalue weighted by Gasteiger charge is -2.28. The second kappa shape index (κ2) is 10.8. The third kappa shape index (κ3) is 5.77. The zero-order valence-electron chi connectivity index (χ0n) is 16.8. The first-order valence-electron chi connectivity index (χ1n) is 9.80. The number of hydrogen-bond donors (Lipinski definition) is 0. The second-order valence-electron chi connectivity index (χ2n) is 7.12. The Kier molecular flexibility index (Phi) is 8.18. The lowest BCUT2D eigenvalue weighted by atomic mass is 10.1. The molecule has 3 rings (SSSR count). The zero-order valence-corrected chi connectivity index (χ0v) is 17.6. The van der Waals surface area contributed by atoms with Gasteiger partial charge in [0.15, 0.2) is 0 Å². The highest BCUT2D eigenvalue weighted by molar-refractivity contribution is 7.99. The van der Waals surface area contributed by atoms with E-state index in [-0.39, 0.29) is 35.8 Å². The third-order valence-electron chi connectivity index (χ3n) is 4.99. The van der Waals surface area contributed by atoms with Crippen molar-refractivity contribution in [1.82, 2.24) is 9.80 Å². The van der Waals surface area contributed by atoms with Gasteiger partial charge in [-0.2, -0.15) is 0 Å². The van der Waals surface area contributed by atoms with E-state index >= 15 is 0 Å². The van der Waals surface area contributed by atoms with Crippen LogP contribution in [0.2, 0.25) is 0 Å². The fraction of sp³-hybridized carbons (Fsp3) is 0.409. The highest BCUT2D eigenvalue weighted by atomic mass is 32.2. The van der Waals surface area contributed by atoms with Crippen molar-refractivity contribution in [3.63, 3.8) is 0 Å². The van der Waals surface area contributed by atoms with E-state index in [9.17, 15) is 18.0 Å². The first-order chi connectivity index (χ1) is 14.5. The van der Waals surface area contributed by atoms with Crippen molar-refractivity contribution in [3.8, 4) is 0 Å². The van der Waals surface area contributed by atoms with E-state index in [1.165, 1.54) is 30.3 Å². The minimum Gasteiger partial charge on any atom is -0.385 e. The van der Waals surface area contributed by atoms with Gasteiger partial charge in [0.05, 0.1) is 6.54 Å². The van der Waals surface area contributed by atoms with Gasteiger partial charge in [-0.1, -0.05) is 18.2 Å². The van der Waals surface area contributed by atoms with Gasteiger partial charge in [-0.05, 0) is 36.2 Å². The van der Waals surface area contributed by atoms with E-state index in [0.717, 1.165) is 11.3 Å². The SMILES string of the molecule is COCCCN(CC(=O)N1CCS[C@@H]1c1ccc(F)cc1)Cc1c(F)cccc1F. The van der Waals surface area contributed by atoms with E-state index in [0.29, 0.717) is 26.1 Å². The van der Waals surface area contributed by atoms with E-state index in [2.05, 4.69) is 0 Å². The first-order valence-corrected chi connectivity index (χ1v) is 10.8. The maximum Gasteiger partial charge on any atom is 0.237 e. The largest absolute Gasteiger partial charge is 0.385 e. The molecule has 0 saturated carbocycles. The molecule has 4 nitrogen and oxygen atoms in total. The number of rotatable bonds is 9. The van der Waals surface area contributed by atoms with Crippen molar-refractivity contribution in [2.75, 3.05) is 39.1 Å². The average molecular weight is 439 g/mol. The molecule has 2 aromatic rings. The molecule has 1 heterocycles. The maximum absolute atomic E-state index is 14.1. The van der Waals surface area contributed by atoms with Crippen LogP contribution in [0.3, 0.4) is 0 Å². The molecular formula is C22H25F3N2O2S. The Morgan fingerprint density at radius 2 is 1.87 bits per heavy atom. The van der Waals surface area contributed by atoms with Gasteiger partial charge in [0.2, 0.25) is 5.91 Å². The quantitative estimate of drug-likeness (QED) is 0.549. The van der Waals surface area contributed by atoms with E-state index in [1.54, 1.807) is 40.8 Å². The molecule has 162 valence electrons. The molecule has 1 saturated heterocycles. The van der Waals surface area contributed by atoms with Crippen molar-refractivity contribution in [1.29, 1.82) is 0 Å². The van der Waals surface area contributed by atoms with Gasteiger partial charge in [0.1, 0.15) is 22.8 Å². The average Bonchev–Trinajstić information content (AvgIpc) is 3.21. The highest BCUT2D eigenvalue weighted by Gasteiger charge is 2.31. The van der Waals surface area contributed by atoms with Crippen LogP contribution in [0, 0.1) is 17.5 Å². The van der Waals surface area contributed by atoms with E-state index in [1.807, 2.05) is 0 Å². The number of ether oxygens (including phenoxy) is 1. The number of amides is 1. The lowest BCUT2D eigenvalue weighted by Crippen LogP contribution is -2.40. The van der Waals surface area contributed by atoms with Crippen LogP contribution in [0.1, 0.15) is 22.9 Å². The predicted octanol–water partition coefficient (Wildman–Crippen LogP) is 4.22. The molecule has 1 atom stereocenters. The van der Waals surface area contributed by atoms with Gasteiger partial charge in [0, 0.05) is 44.7 Å². The van der Waals surface area contributed by atoms with Crippen LogP contribution >= 0.6 is 11.8 Å². The molecule has 0 radical (unpaired) electrons. The molecule has 1 fully saturated rings. The summed E-state index contributed by atoms with van der Waals surface area (Å²) in [6.45, 7) is 1.56. The molecule has 0 N–H and O–H groups in total. The minimum atomic E-state index is -0.625. The molecule has 0 aromatic heterocycles. The highest BCUT2D eigenvalue weighted by Crippen LogP contribution is 2.38. The molecule has 1 aliphatic rings. The van der Waals surface area contributed by atoms with Gasteiger partial charge in [0.25, 0.3) is 0 Å². The summed E-state index contributed by atoms with van der Waals surface area (Å²) in [5, 5.41) is -0.191. The number of benzene rings is 2. The fourth-order valence-electron chi connectivity index (χ4n) is 3.46. The van der Waals surface area contributed by atoms with Gasteiger partial charge in [-0.15, -0.1) is 11.8 Å². The number of carbonyl (C=O) groups excluding carboxylic acids is 1. The number of hydrogen-bond acceptors (Lipinski definition) is 4. The van der Waals surface area contributed by atoms with Crippen molar-refractivity contribution < 1.29 is 22.7 Å². The summed E-state index contributed by atoms with van der Waals surface area (Å²) >= 11 is 1.62. The van der Waals surface area contributed by atoms with Gasteiger partial charge < -0.3 is 9.64 Å². The minimum absolute atomic E-state index is 0.00381. The number of halogens is 3. The normalized spacial score (nSPS) is 16.4. The third-order valence-corrected chi connectivity index (χ3v) is 6.25. The standard InChI is InChI=1S/C22H25F3N2O2S/c1-29-12-3-10-26(14-18-19(24)4-2-5-20(18)25)15-21(28)27-11-13-30-22(27)16-6-8-17(23)9-7-16/h2,4-9,22H,3,10-15H2,1H3/t22-/m1/s1. The van der Waals surface area contributed by atoms with Crippen molar-refractivity contribution in [3.05, 3.63) is 71.0 Å². The zero-order chi connectivity index (χ0) is 21.5. The molecule has 1 amide bonds. The Bertz CT molecular complexity index is 831. The Morgan fingerprint density at radius 3 is 2.53 bits per heavy atom. The molecular weight excluding hydrogens is 413 g/mol. The van der Waals surface area contributed by atoms with Crippen LogP contribution in [0.25, 0.3) is 0 Å². The van der Waals surface area contributed by atoms with Crippen LogP contribution in [0.15, 0.2) is 42.5 Å². The van der Waals surface area contributed by atoms with Crippen LogP contribution in [-0.4, -0.2) is 54.8 Å². The van der Waals surface area contributed by atoms with Crippen LogP contribution in [0.5, 0.6) is 0 Å². The molecule has 8 heteroatoms. The Hall–Kier alpha value is -2.03. The maximum atomic E-state index is 14.1. The molecule has 30 heavy (non-hydrogen) atoms. The van der Waals surface area contributed by atoms with Crippen LogP contribution in [0.4, 0.5) is 13.2 Å². The Balaban J connectivity index is 1.72. The summed E-state index contributed by atoms with van der Waals surface area (Å²) in [6.07, 6.45) is 0.635. The Labute approximate surface area is 179 Å². The summed E-state index contributed by atoms with van der Waals surface area (Å²) in [5.74, 6) is -0.918. The van der Waals surface area contributed by atoms with E-state index in [4.69, 9.17) is 4.74 Å². The van der Waals surface area contributed by atoms with Gasteiger partial charge in [-0.25, -0.2) is 13.2 Å². The van der Waals surface area contributed by atoms with Gasteiger partial charge in [-0.3, -0.25) is 9.69 Å². The summed E-state index contributed by atoms with van der Waals surface area (Å²) in [7, 11) is 1.58. The summed E-state index contributed by atoms with van der Waals surface area (Å²) in [6, 6.07) is 9.89. The number of nitrogens with zero attached hydrogens (tertiary/aromatic N) is 2. The van der Waals surface area contributed by atoms with Gasteiger partial charge >= 0.3 is 0 Å². The molecule has 0 aliphatic carbocycles. The summed E-state index contributed by atoms with van der Waals surface area (Å²) < 4.78 is 46.6.